The van der Waals surface area contributed by atoms with Gasteiger partial charge >= 0.3 is 0 Å². The van der Waals surface area contributed by atoms with Crippen molar-refractivity contribution in [3.8, 4) is 11.5 Å². The number of benzene rings is 2. The van der Waals surface area contributed by atoms with Crippen LogP contribution in [-0.4, -0.2) is 17.2 Å². The Morgan fingerprint density at radius 2 is 2.00 bits per heavy atom. The quantitative estimate of drug-likeness (QED) is 0.773. The minimum Gasteiger partial charge on any atom is -0.387 e. The van der Waals surface area contributed by atoms with Gasteiger partial charge in [-0.15, -0.1) is 0 Å². The summed E-state index contributed by atoms with van der Waals surface area (Å²) in [7, 11) is 1.87. The molecular formula is C16H14BrN3O. The minimum absolute atomic E-state index is 0.532. The molecule has 2 aromatic carbocycles. The molecule has 0 aliphatic rings. The van der Waals surface area contributed by atoms with E-state index < -0.39 is 0 Å². The first kappa shape index (κ1) is 13.8. The number of aromatic nitrogens is 2. The molecular weight excluding hydrogens is 330 g/mol. The smallest absolute Gasteiger partial charge is 0.260 e. The van der Waals surface area contributed by atoms with Crippen LogP contribution < -0.4 is 5.32 Å². The van der Waals surface area contributed by atoms with Gasteiger partial charge in [0.1, 0.15) is 0 Å². The van der Waals surface area contributed by atoms with Crippen LogP contribution in [-0.2, 0) is 6.42 Å². The first-order valence-corrected chi connectivity index (χ1v) is 7.40. The molecule has 0 saturated heterocycles. The van der Waals surface area contributed by atoms with Crippen molar-refractivity contribution < 1.29 is 4.52 Å². The van der Waals surface area contributed by atoms with Gasteiger partial charge in [-0.1, -0.05) is 45.4 Å². The van der Waals surface area contributed by atoms with E-state index in [0.29, 0.717) is 18.1 Å². The maximum Gasteiger partial charge on any atom is 0.260 e. The van der Waals surface area contributed by atoms with Crippen LogP contribution in [0.3, 0.4) is 0 Å². The normalized spacial score (nSPS) is 10.6. The highest BCUT2D eigenvalue weighted by Crippen LogP contribution is 2.26. The van der Waals surface area contributed by atoms with Crippen molar-refractivity contribution in [2.45, 2.75) is 6.42 Å². The maximum absolute atomic E-state index is 5.38. The van der Waals surface area contributed by atoms with E-state index in [1.54, 1.807) is 0 Å². The second-order valence-corrected chi connectivity index (χ2v) is 5.53. The molecule has 0 spiro atoms. The van der Waals surface area contributed by atoms with Crippen molar-refractivity contribution in [1.29, 1.82) is 0 Å². The largest absolute Gasteiger partial charge is 0.387 e. The number of hydrogen-bond acceptors (Lipinski definition) is 4. The second kappa shape index (κ2) is 6.10. The number of para-hydroxylation sites is 1. The lowest BCUT2D eigenvalue weighted by atomic mass is 10.1. The van der Waals surface area contributed by atoms with Crippen LogP contribution in [0.25, 0.3) is 11.5 Å². The highest BCUT2D eigenvalue weighted by atomic mass is 79.9. The zero-order valence-electron chi connectivity index (χ0n) is 11.5. The number of nitrogens with zero attached hydrogens (tertiary/aromatic N) is 2. The van der Waals surface area contributed by atoms with E-state index in [4.69, 9.17) is 4.52 Å². The van der Waals surface area contributed by atoms with Crippen LogP contribution >= 0.6 is 15.9 Å². The maximum atomic E-state index is 5.38. The van der Waals surface area contributed by atoms with Crippen LogP contribution in [0.2, 0.25) is 0 Å². The van der Waals surface area contributed by atoms with Crippen LogP contribution in [0, 0.1) is 0 Å². The molecule has 21 heavy (non-hydrogen) atoms. The molecule has 1 aromatic heterocycles. The summed E-state index contributed by atoms with van der Waals surface area (Å²) in [6.45, 7) is 0. The van der Waals surface area contributed by atoms with Crippen molar-refractivity contribution in [2.75, 3.05) is 12.4 Å². The first-order chi connectivity index (χ1) is 10.3. The van der Waals surface area contributed by atoms with Crippen molar-refractivity contribution in [3.05, 3.63) is 64.4 Å². The monoisotopic (exact) mass is 343 g/mol. The zero-order valence-corrected chi connectivity index (χ0v) is 13.1. The van der Waals surface area contributed by atoms with Gasteiger partial charge in [0.05, 0.1) is 5.56 Å². The second-order valence-electron chi connectivity index (χ2n) is 4.62. The SMILES string of the molecule is CNc1ccccc1-c1nc(Cc2cccc(Br)c2)no1. The van der Waals surface area contributed by atoms with E-state index >= 15 is 0 Å². The van der Waals surface area contributed by atoms with E-state index in [9.17, 15) is 0 Å². The van der Waals surface area contributed by atoms with Crippen molar-refractivity contribution in [1.82, 2.24) is 10.1 Å². The third-order valence-electron chi connectivity index (χ3n) is 3.15. The average Bonchev–Trinajstić information content (AvgIpc) is 2.95. The summed E-state index contributed by atoms with van der Waals surface area (Å²) in [5.74, 6) is 1.21. The van der Waals surface area contributed by atoms with E-state index in [0.717, 1.165) is 21.3 Å². The average molecular weight is 344 g/mol. The Balaban J connectivity index is 1.86. The molecule has 0 saturated carbocycles. The standard InChI is InChI=1S/C16H14BrN3O/c1-18-14-8-3-2-7-13(14)16-19-15(20-21-16)10-11-5-4-6-12(17)9-11/h2-9,18H,10H2,1H3. The minimum atomic E-state index is 0.532. The molecule has 0 unspecified atom stereocenters. The Hall–Kier alpha value is -2.14. The van der Waals surface area contributed by atoms with E-state index in [1.165, 1.54) is 0 Å². The molecule has 1 N–H and O–H groups in total. The molecule has 1 heterocycles. The number of halogens is 1. The summed E-state index contributed by atoms with van der Waals surface area (Å²) in [6.07, 6.45) is 0.644. The zero-order chi connectivity index (χ0) is 14.7. The Morgan fingerprint density at radius 1 is 1.14 bits per heavy atom. The van der Waals surface area contributed by atoms with Gasteiger partial charge in [-0.05, 0) is 29.8 Å². The van der Waals surface area contributed by atoms with Crippen molar-refractivity contribution in [3.63, 3.8) is 0 Å². The lowest BCUT2D eigenvalue weighted by Gasteiger charge is -2.03. The van der Waals surface area contributed by atoms with Crippen LogP contribution in [0.15, 0.2) is 57.5 Å². The molecule has 0 fully saturated rings. The fourth-order valence-corrected chi connectivity index (χ4v) is 2.60. The third kappa shape index (κ3) is 3.13. The molecule has 5 heteroatoms. The summed E-state index contributed by atoms with van der Waals surface area (Å²) in [5.41, 5.74) is 3.02. The molecule has 0 radical (unpaired) electrons. The van der Waals surface area contributed by atoms with Gasteiger partial charge in [0.15, 0.2) is 5.82 Å². The third-order valence-corrected chi connectivity index (χ3v) is 3.64. The van der Waals surface area contributed by atoms with Crippen LogP contribution in [0.4, 0.5) is 5.69 Å². The lowest BCUT2D eigenvalue weighted by molar-refractivity contribution is 0.424. The van der Waals surface area contributed by atoms with Crippen LogP contribution in [0.5, 0.6) is 0 Å². The number of rotatable bonds is 4. The van der Waals surface area contributed by atoms with Gasteiger partial charge in [0.25, 0.3) is 5.89 Å². The first-order valence-electron chi connectivity index (χ1n) is 6.60. The Kier molecular flexibility index (Phi) is 4.01. The summed E-state index contributed by atoms with van der Waals surface area (Å²) in [4.78, 5) is 4.48. The summed E-state index contributed by atoms with van der Waals surface area (Å²) in [5, 5.41) is 7.19. The highest BCUT2D eigenvalue weighted by Gasteiger charge is 2.12. The number of hydrogen-bond donors (Lipinski definition) is 1. The fourth-order valence-electron chi connectivity index (χ4n) is 2.15. The molecule has 0 aliphatic heterocycles. The predicted octanol–water partition coefficient (Wildman–Crippen LogP) is 4.13. The highest BCUT2D eigenvalue weighted by molar-refractivity contribution is 9.10. The molecule has 3 aromatic rings. The summed E-state index contributed by atoms with van der Waals surface area (Å²) < 4.78 is 6.43. The molecule has 106 valence electrons. The lowest BCUT2D eigenvalue weighted by Crippen LogP contribution is -1.93. The predicted molar refractivity (Wildman–Crippen MR) is 86.2 cm³/mol. The van der Waals surface area contributed by atoms with Crippen LogP contribution in [0.1, 0.15) is 11.4 Å². The summed E-state index contributed by atoms with van der Waals surface area (Å²) >= 11 is 3.46. The topological polar surface area (TPSA) is 51.0 Å². The van der Waals surface area contributed by atoms with Gasteiger partial charge in [0.2, 0.25) is 0 Å². The van der Waals surface area contributed by atoms with Gasteiger partial charge in [-0.3, -0.25) is 0 Å². The van der Waals surface area contributed by atoms with Crippen molar-refractivity contribution in [2.24, 2.45) is 0 Å². The van der Waals surface area contributed by atoms with E-state index in [2.05, 4.69) is 37.5 Å². The van der Waals surface area contributed by atoms with E-state index in [-0.39, 0.29) is 0 Å². The summed E-state index contributed by atoms with van der Waals surface area (Å²) in [6, 6.07) is 15.9. The molecule has 0 aliphatic carbocycles. The van der Waals surface area contributed by atoms with Gasteiger partial charge in [0, 0.05) is 23.6 Å². The molecule has 0 bridgehead atoms. The van der Waals surface area contributed by atoms with E-state index in [1.807, 2.05) is 49.5 Å². The Bertz CT molecular complexity index is 755. The fraction of sp³-hybridized carbons (Fsp3) is 0.125. The van der Waals surface area contributed by atoms with Gasteiger partial charge in [-0.25, -0.2) is 0 Å². The number of nitrogens with one attached hydrogen (secondary N) is 1. The molecule has 0 amide bonds. The number of anilines is 1. The Morgan fingerprint density at radius 3 is 2.81 bits per heavy atom. The van der Waals surface area contributed by atoms with Gasteiger partial charge in [-0.2, -0.15) is 4.98 Å². The van der Waals surface area contributed by atoms with Crippen molar-refractivity contribution >= 4 is 21.6 Å². The molecule has 4 nitrogen and oxygen atoms in total. The molecule has 0 atom stereocenters. The Labute approximate surface area is 131 Å². The van der Waals surface area contributed by atoms with Gasteiger partial charge < -0.3 is 9.84 Å². The molecule has 3 rings (SSSR count).